The summed E-state index contributed by atoms with van der Waals surface area (Å²) < 4.78 is 12.9. The Morgan fingerprint density at radius 1 is 0.885 bits per heavy atom. The van der Waals surface area contributed by atoms with Crippen LogP contribution in [-0.2, 0) is 4.84 Å². The molecule has 0 atom stereocenters. The SMILES string of the molecule is O=C(c1ccccc1)N(OC/C=C/c1ccc(F)cc1)c1ccccc1. The molecule has 0 radical (unpaired) electrons. The minimum atomic E-state index is -0.276. The Morgan fingerprint density at radius 3 is 2.15 bits per heavy atom. The number of carbonyl (C=O) groups is 1. The zero-order valence-electron chi connectivity index (χ0n) is 14.1. The first-order valence-electron chi connectivity index (χ1n) is 8.23. The molecule has 3 aromatic carbocycles. The van der Waals surface area contributed by atoms with E-state index in [0.29, 0.717) is 11.3 Å². The van der Waals surface area contributed by atoms with E-state index in [1.807, 2.05) is 54.6 Å². The summed E-state index contributed by atoms with van der Waals surface area (Å²) in [6, 6.07) is 24.3. The van der Waals surface area contributed by atoms with Crippen molar-refractivity contribution < 1.29 is 14.0 Å². The fourth-order valence-electron chi connectivity index (χ4n) is 2.39. The Labute approximate surface area is 151 Å². The summed E-state index contributed by atoms with van der Waals surface area (Å²) in [6.45, 7) is 0.199. The number of amides is 1. The zero-order valence-corrected chi connectivity index (χ0v) is 14.1. The molecule has 0 aliphatic carbocycles. The van der Waals surface area contributed by atoms with Gasteiger partial charge in [-0.15, -0.1) is 0 Å². The van der Waals surface area contributed by atoms with Crippen molar-refractivity contribution in [2.24, 2.45) is 0 Å². The smallest absolute Gasteiger partial charge is 0.266 e. The molecule has 0 fully saturated rings. The van der Waals surface area contributed by atoms with Crippen LogP contribution in [0, 0.1) is 5.82 Å². The van der Waals surface area contributed by atoms with Crippen LogP contribution in [-0.4, -0.2) is 12.5 Å². The van der Waals surface area contributed by atoms with Crippen LogP contribution in [0.2, 0.25) is 0 Å². The fourth-order valence-corrected chi connectivity index (χ4v) is 2.39. The number of hydrogen-bond acceptors (Lipinski definition) is 2. The summed E-state index contributed by atoms with van der Waals surface area (Å²) in [5.74, 6) is -0.519. The van der Waals surface area contributed by atoms with Crippen molar-refractivity contribution in [3.05, 3.63) is 108 Å². The molecule has 130 valence electrons. The van der Waals surface area contributed by atoms with Gasteiger partial charge < -0.3 is 0 Å². The van der Waals surface area contributed by atoms with Gasteiger partial charge in [-0.2, -0.15) is 5.06 Å². The Kier molecular flexibility index (Phi) is 5.91. The van der Waals surface area contributed by atoms with Crippen molar-refractivity contribution in [2.45, 2.75) is 0 Å². The molecule has 0 saturated heterocycles. The zero-order chi connectivity index (χ0) is 18.2. The molecular formula is C22H18FNO2. The predicted octanol–water partition coefficient (Wildman–Crippen LogP) is 5.12. The van der Waals surface area contributed by atoms with E-state index in [2.05, 4.69) is 0 Å². The molecule has 4 heteroatoms. The van der Waals surface area contributed by atoms with E-state index in [1.54, 1.807) is 30.3 Å². The molecule has 26 heavy (non-hydrogen) atoms. The second-order valence-corrected chi connectivity index (χ2v) is 5.55. The van der Waals surface area contributed by atoms with Gasteiger partial charge in [0.1, 0.15) is 5.82 Å². The van der Waals surface area contributed by atoms with Crippen LogP contribution >= 0.6 is 0 Å². The van der Waals surface area contributed by atoms with Gasteiger partial charge in [0.05, 0.1) is 12.3 Å². The Morgan fingerprint density at radius 2 is 1.50 bits per heavy atom. The Balaban J connectivity index is 1.72. The van der Waals surface area contributed by atoms with Gasteiger partial charge in [0.15, 0.2) is 0 Å². The summed E-state index contributed by atoms with van der Waals surface area (Å²) >= 11 is 0. The fraction of sp³-hybridized carbons (Fsp3) is 0.0455. The van der Waals surface area contributed by atoms with Gasteiger partial charge >= 0.3 is 0 Å². The van der Waals surface area contributed by atoms with E-state index in [4.69, 9.17) is 4.84 Å². The largest absolute Gasteiger partial charge is 0.282 e. The number of hydroxylamine groups is 1. The third-order valence-corrected chi connectivity index (χ3v) is 3.68. The van der Waals surface area contributed by atoms with Crippen LogP contribution in [0.4, 0.5) is 10.1 Å². The van der Waals surface area contributed by atoms with Crippen LogP contribution < -0.4 is 5.06 Å². The van der Waals surface area contributed by atoms with E-state index in [0.717, 1.165) is 5.56 Å². The summed E-state index contributed by atoms with van der Waals surface area (Å²) in [7, 11) is 0. The number of halogens is 1. The molecule has 0 bridgehead atoms. The number of hydrogen-bond donors (Lipinski definition) is 0. The maximum absolute atomic E-state index is 12.9. The van der Waals surface area contributed by atoms with Gasteiger partial charge in [-0.3, -0.25) is 9.63 Å². The van der Waals surface area contributed by atoms with Crippen LogP contribution in [0.15, 0.2) is 91.0 Å². The van der Waals surface area contributed by atoms with Crippen LogP contribution in [0.25, 0.3) is 6.08 Å². The topological polar surface area (TPSA) is 29.5 Å². The highest BCUT2D eigenvalue weighted by Gasteiger charge is 2.18. The second-order valence-electron chi connectivity index (χ2n) is 5.55. The van der Waals surface area contributed by atoms with Gasteiger partial charge in [0.25, 0.3) is 5.91 Å². The predicted molar refractivity (Wildman–Crippen MR) is 101 cm³/mol. The lowest BCUT2D eigenvalue weighted by Crippen LogP contribution is -2.31. The van der Waals surface area contributed by atoms with Crippen molar-refractivity contribution in [2.75, 3.05) is 11.7 Å². The average Bonchev–Trinajstić information content (AvgIpc) is 2.70. The molecular weight excluding hydrogens is 329 g/mol. The van der Waals surface area contributed by atoms with E-state index in [-0.39, 0.29) is 18.3 Å². The van der Waals surface area contributed by atoms with Crippen LogP contribution in [0.3, 0.4) is 0 Å². The molecule has 3 rings (SSSR count). The summed E-state index contributed by atoms with van der Waals surface area (Å²) in [5, 5.41) is 1.28. The van der Waals surface area contributed by atoms with Crippen molar-refractivity contribution in [3.63, 3.8) is 0 Å². The third kappa shape index (κ3) is 4.65. The number of rotatable bonds is 6. The minimum Gasteiger partial charge on any atom is -0.266 e. The van der Waals surface area contributed by atoms with Crippen molar-refractivity contribution in [3.8, 4) is 0 Å². The van der Waals surface area contributed by atoms with Gasteiger partial charge in [0, 0.05) is 5.56 Å². The van der Waals surface area contributed by atoms with Crippen molar-refractivity contribution >= 4 is 17.7 Å². The lowest BCUT2D eigenvalue weighted by Gasteiger charge is -2.21. The highest BCUT2D eigenvalue weighted by molar-refractivity contribution is 6.04. The third-order valence-electron chi connectivity index (χ3n) is 3.68. The van der Waals surface area contributed by atoms with E-state index in [9.17, 15) is 9.18 Å². The van der Waals surface area contributed by atoms with Crippen LogP contribution in [0.1, 0.15) is 15.9 Å². The van der Waals surface area contributed by atoms with E-state index < -0.39 is 0 Å². The quantitative estimate of drug-likeness (QED) is 0.579. The monoisotopic (exact) mass is 347 g/mol. The van der Waals surface area contributed by atoms with Gasteiger partial charge in [0.2, 0.25) is 0 Å². The first kappa shape index (κ1) is 17.6. The number of para-hydroxylation sites is 1. The number of benzene rings is 3. The van der Waals surface area contributed by atoms with Gasteiger partial charge in [-0.05, 0) is 42.0 Å². The molecule has 0 aliphatic rings. The second kappa shape index (κ2) is 8.74. The molecule has 3 nitrogen and oxygen atoms in total. The Bertz CT molecular complexity index is 862. The minimum absolute atomic E-state index is 0.199. The molecule has 0 saturated carbocycles. The molecule has 0 heterocycles. The number of carbonyl (C=O) groups excluding carboxylic acids is 1. The van der Waals surface area contributed by atoms with Gasteiger partial charge in [-0.25, -0.2) is 4.39 Å². The summed E-state index contributed by atoms with van der Waals surface area (Å²) in [5.41, 5.74) is 2.05. The van der Waals surface area contributed by atoms with Crippen molar-refractivity contribution in [1.82, 2.24) is 0 Å². The highest BCUT2D eigenvalue weighted by atomic mass is 19.1. The first-order chi connectivity index (χ1) is 12.7. The van der Waals surface area contributed by atoms with Gasteiger partial charge in [-0.1, -0.05) is 60.7 Å². The highest BCUT2D eigenvalue weighted by Crippen LogP contribution is 2.17. The maximum atomic E-state index is 12.9. The van der Waals surface area contributed by atoms with E-state index >= 15 is 0 Å². The Hall–Kier alpha value is -3.24. The summed E-state index contributed by atoms with van der Waals surface area (Å²) in [4.78, 5) is 18.5. The normalized spacial score (nSPS) is 10.8. The lowest BCUT2D eigenvalue weighted by molar-refractivity contribution is 0.0713. The number of anilines is 1. The van der Waals surface area contributed by atoms with Crippen molar-refractivity contribution in [1.29, 1.82) is 0 Å². The standard InChI is InChI=1S/C22H18FNO2/c23-20-15-13-18(14-16-20)8-7-17-26-24(21-11-5-2-6-12-21)22(25)19-9-3-1-4-10-19/h1-16H,17H2/b8-7+. The first-order valence-corrected chi connectivity index (χ1v) is 8.23. The molecule has 1 amide bonds. The lowest BCUT2D eigenvalue weighted by atomic mass is 10.2. The molecule has 0 N–H and O–H groups in total. The average molecular weight is 347 g/mol. The number of nitrogens with zero attached hydrogens (tertiary/aromatic N) is 1. The molecule has 0 unspecified atom stereocenters. The molecule has 0 aliphatic heterocycles. The van der Waals surface area contributed by atoms with E-state index in [1.165, 1.54) is 17.2 Å². The maximum Gasteiger partial charge on any atom is 0.282 e. The molecule has 0 aromatic heterocycles. The molecule has 3 aromatic rings. The van der Waals surface area contributed by atoms with Crippen LogP contribution in [0.5, 0.6) is 0 Å². The molecule has 0 spiro atoms. The summed E-state index contributed by atoms with van der Waals surface area (Å²) in [6.07, 6.45) is 3.59.